The Hall–Kier alpha value is -1.78. The molecule has 0 aliphatic rings. The van der Waals surface area contributed by atoms with Gasteiger partial charge in [0.1, 0.15) is 5.75 Å². The smallest absolute Gasteiger partial charge is 0.504 e. The SMILES string of the molecule is OBOc1cccc(-c2cccc3cccc(Br)c23)c1. The predicted molar refractivity (Wildman–Crippen MR) is 87.1 cm³/mol. The Bertz CT molecular complexity index is 753. The van der Waals surface area contributed by atoms with Gasteiger partial charge in [-0.05, 0) is 34.7 Å². The molecule has 20 heavy (non-hydrogen) atoms. The van der Waals surface area contributed by atoms with Crippen LogP contribution < -0.4 is 4.65 Å². The minimum absolute atomic E-state index is 0.317. The van der Waals surface area contributed by atoms with Crippen molar-refractivity contribution >= 4 is 34.4 Å². The van der Waals surface area contributed by atoms with Crippen LogP contribution in [-0.4, -0.2) is 12.7 Å². The van der Waals surface area contributed by atoms with Crippen LogP contribution in [0.3, 0.4) is 0 Å². The van der Waals surface area contributed by atoms with E-state index in [1.54, 1.807) is 0 Å². The third-order valence-corrected chi connectivity index (χ3v) is 3.89. The van der Waals surface area contributed by atoms with Crippen LogP contribution in [0.2, 0.25) is 0 Å². The lowest BCUT2D eigenvalue weighted by atomic mass is 9.98. The molecule has 0 spiro atoms. The van der Waals surface area contributed by atoms with Gasteiger partial charge in [-0.2, -0.15) is 0 Å². The van der Waals surface area contributed by atoms with Gasteiger partial charge in [0.15, 0.2) is 0 Å². The van der Waals surface area contributed by atoms with Crippen molar-refractivity contribution in [2.24, 2.45) is 0 Å². The van der Waals surface area contributed by atoms with Crippen molar-refractivity contribution in [2.45, 2.75) is 0 Å². The average Bonchev–Trinajstić information content (AvgIpc) is 2.48. The van der Waals surface area contributed by atoms with Crippen molar-refractivity contribution < 1.29 is 9.68 Å². The highest BCUT2D eigenvalue weighted by Crippen LogP contribution is 2.34. The zero-order valence-electron chi connectivity index (χ0n) is 10.7. The number of hydrogen-bond acceptors (Lipinski definition) is 2. The summed E-state index contributed by atoms with van der Waals surface area (Å²) in [5, 5.41) is 11.2. The summed E-state index contributed by atoms with van der Waals surface area (Å²) in [6.45, 7) is 0. The van der Waals surface area contributed by atoms with Gasteiger partial charge in [0, 0.05) is 9.86 Å². The molecule has 0 atom stereocenters. The quantitative estimate of drug-likeness (QED) is 0.739. The first-order valence-corrected chi connectivity index (χ1v) is 7.10. The van der Waals surface area contributed by atoms with Crippen LogP contribution in [0.25, 0.3) is 21.9 Å². The number of hydrogen-bond donors (Lipinski definition) is 1. The molecule has 1 N–H and O–H groups in total. The molecule has 0 bridgehead atoms. The summed E-state index contributed by atoms with van der Waals surface area (Å²) >= 11 is 3.62. The zero-order chi connectivity index (χ0) is 13.9. The van der Waals surface area contributed by atoms with Crippen LogP contribution in [0.15, 0.2) is 65.1 Å². The van der Waals surface area contributed by atoms with Gasteiger partial charge in [-0.25, -0.2) is 0 Å². The third kappa shape index (κ3) is 2.44. The fourth-order valence-corrected chi connectivity index (χ4v) is 2.96. The van der Waals surface area contributed by atoms with Crippen LogP contribution in [0.5, 0.6) is 5.75 Å². The van der Waals surface area contributed by atoms with E-state index in [1.165, 1.54) is 10.8 Å². The first-order valence-electron chi connectivity index (χ1n) is 6.31. The first-order chi connectivity index (χ1) is 9.79. The van der Waals surface area contributed by atoms with E-state index in [9.17, 15) is 0 Å². The summed E-state index contributed by atoms with van der Waals surface area (Å²) in [6, 6.07) is 20.1. The van der Waals surface area contributed by atoms with E-state index in [0.29, 0.717) is 5.75 Å². The summed E-state index contributed by atoms with van der Waals surface area (Å²) in [5.74, 6) is 0.661. The van der Waals surface area contributed by atoms with Crippen molar-refractivity contribution in [1.29, 1.82) is 0 Å². The molecule has 0 saturated heterocycles. The molecule has 0 fully saturated rings. The van der Waals surface area contributed by atoms with Crippen molar-refractivity contribution in [3.63, 3.8) is 0 Å². The standard InChI is InChI=1S/C16H12BBrO2/c18-15-9-3-5-11-4-2-8-14(16(11)15)12-6-1-7-13(10-12)20-17-19/h1-10,17,19H. The van der Waals surface area contributed by atoms with Gasteiger partial charge in [0.05, 0.1) is 0 Å². The number of halogens is 1. The second kappa shape index (κ2) is 5.69. The van der Waals surface area contributed by atoms with Gasteiger partial charge >= 0.3 is 7.69 Å². The minimum Gasteiger partial charge on any atom is -0.539 e. The number of benzene rings is 3. The Morgan fingerprint density at radius 2 is 1.70 bits per heavy atom. The number of rotatable bonds is 3. The number of fused-ring (bicyclic) bond motifs is 1. The van der Waals surface area contributed by atoms with E-state index in [1.807, 2.05) is 42.5 Å². The van der Waals surface area contributed by atoms with Crippen LogP contribution in [0, 0.1) is 0 Å². The Morgan fingerprint density at radius 3 is 2.50 bits per heavy atom. The topological polar surface area (TPSA) is 29.5 Å². The molecule has 98 valence electrons. The Kier molecular flexibility index (Phi) is 3.76. The molecule has 0 aliphatic heterocycles. The van der Waals surface area contributed by atoms with Crippen LogP contribution in [0.1, 0.15) is 0 Å². The van der Waals surface area contributed by atoms with E-state index in [2.05, 4.69) is 34.1 Å². The summed E-state index contributed by atoms with van der Waals surface area (Å²) in [6.07, 6.45) is 0. The van der Waals surface area contributed by atoms with Crippen molar-refractivity contribution in [3.8, 4) is 16.9 Å². The van der Waals surface area contributed by atoms with Gasteiger partial charge < -0.3 is 9.68 Å². The molecule has 0 unspecified atom stereocenters. The minimum atomic E-state index is -0.317. The second-order valence-electron chi connectivity index (χ2n) is 4.44. The molecule has 0 saturated carbocycles. The highest BCUT2D eigenvalue weighted by molar-refractivity contribution is 9.10. The van der Waals surface area contributed by atoms with E-state index >= 15 is 0 Å². The van der Waals surface area contributed by atoms with Crippen molar-refractivity contribution in [1.82, 2.24) is 0 Å². The fourth-order valence-electron chi connectivity index (χ4n) is 2.36. The van der Waals surface area contributed by atoms with Gasteiger partial charge in [-0.15, -0.1) is 0 Å². The van der Waals surface area contributed by atoms with Crippen molar-refractivity contribution in [3.05, 3.63) is 65.1 Å². The molecule has 0 aromatic heterocycles. The lowest BCUT2D eigenvalue weighted by Crippen LogP contribution is -1.99. The van der Waals surface area contributed by atoms with E-state index in [0.717, 1.165) is 15.6 Å². The van der Waals surface area contributed by atoms with Gasteiger partial charge in [0.25, 0.3) is 0 Å². The lowest BCUT2D eigenvalue weighted by Gasteiger charge is -2.10. The molecule has 2 nitrogen and oxygen atoms in total. The summed E-state index contributed by atoms with van der Waals surface area (Å²) in [5.41, 5.74) is 2.20. The molecule has 0 amide bonds. The fraction of sp³-hybridized carbons (Fsp3) is 0. The monoisotopic (exact) mass is 326 g/mol. The summed E-state index contributed by atoms with van der Waals surface area (Å²) in [7, 11) is -0.317. The van der Waals surface area contributed by atoms with Gasteiger partial charge in [-0.1, -0.05) is 58.4 Å². The van der Waals surface area contributed by atoms with E-state index in [4.69, 9.17) is 9.68 Å². The Morgan fingerprint density at radius 1 is 0.950 bits per heavy atom. The van der Waals surface area contributed by atoms with Crippen molar-refractivity contribution in [2.75, 3.05) is 0 Å². The maximum atomic E-state index is 8.87. The first kappa shape index (κ1) is 13.2. The molecule has 3 rings (SSSR count). The van der Waals surface area contributed by atoms with Crippen LogP contribution in [0.4, 0.5) is 0 Å². The molecule has 3 aromatic rings. The van der Waals surface area contributed by atoms with Crippen LogP contribution in [-0.2, 0) is 0 Å². The molecular formula is C16H12BBrO2. The van der Waals surface area contributed by atoms with E-state index < -0.39 is 0 Å². The molecular weight excluding hydrogens is 315 g/mol. The Labute approximate surface area is 126 Å². The summed E-state index contributed by atoms with van der Waals surface area (Å²) in [4.78, 5) is 0. The highest BCUT2D eigenvalue weighted by atomic mass is 79.9. The maximum Gasteiger partial charge on any atom is 0.504 e. The molecule has 3 aromatic carbocycles. The predicted octanol–water partition coefficient (Wildman–Crippen LogP) is 3.91. The molecule has 0 aliphatic carbocycles. The Balaban J connectivity index is 2.22. The molecule has 4 heteroatoms. The van der Waals surface area contributed by atoms with Crippen LogP contribution >= 0.6 is 15.9 Å². The second-order valence-corrected chi connectivity index (χ2v) is 5.30. The van der Waals surface area contributed by atoms with E-state index in [-0.39, 0.29) is 7.69 Å². The average molecular weight is 327 g/mol. The normalized spacial score (nSPS) is 10.5. The molecule has 0 radical (unpaired) electrons. The molecule has 0 heterocycles. The van der Waals surface area contributed by atoms with Gasteiger partial charge in [0.2, 0.25) is 0 Å². The van der Waals surface area contributed by atoms with Gasteiger partial charge in [-0.3, -0.25) is 0 Å². The third-order valence-electron chi connectivity index (χ3n) is 3.23. The summed E-state index contributed by atoms with van der Waals surface area (Å²) < 4.78 is 6.22. The largest absolute Gasteiger partial charge is 0.539 e. The maximum absolute atomic E-state index is 8.87. The zero-order valence-corrected chi connectivity index (χ0v) is 12.3. The highest BCUT2D eigenvalue weighted by Gasteiger charge is 2.07. The lowest BCUT2D eigenvalue weighted by molar-refractivity contribution is 0.454.